The molecule has 2 rings (SSSR count). The summed E-state index contributed by atoms with van der Waals surface area (Å²) in [5.41, 5.74) is 0.598. The quantitative estimate of drug-likeness (QED) is 0.794. The lowest BCUT2D eigenvalue weighted by Gasteiger charge is -2.31. The van der Waals surface area contributed by atoms with Crippen molar-refractivity contribution in [1.29, 1.82) is 0 Å². The first-order valence-corrected chi connectivity index (χ1v) is 9.24. The molecule has 1 fully saturated rings. The van der Waals surface area contributed by atoms with Crippen LogP contribution in [0, 0.1) is 5.92 Å². The number of likely N-dealkylation sites (tertiary alicyclic amines) is 1. The van der Waals surface area contributed by atoms with Crippen molar-refractivity contribution in [2.45, 2.75) is 12.8 Å². The molecular weight excluding hydrogens is 316 g/mol. The molecule has 1 aliphatic heterocycles. The fraction of sp³-hybridized carbons (Fsp3) is 0.438. The van der Waals surface area contributed by atoms with Gasteiger partial charge in [-0.15, -0.1) is 0 Å². The standard InChI is InChI=1S/C16H22N2O4S/c1-2-11-22-15-5-3-14(4-6-15)16(19)18-9-7-13(8-10-18)12-23(17,20)21/h2-6,13H,1,7-12H2,(H2,17,20,21). The van der Waals surface area contributed by atoms with Gasteiger partial charge in [-0.1, -0.05) is 12.7 Å². The molecule has 7 heteroatoms. The highest BCUT2D eigenvalue weighted by Crippen LogP contribution is 2.21. The fourth-order valence-electron chi connectivity index (χ4n) is 2.66. The molecule has 0 saturated carbocycles. The summed E-state index contributed by atoms with van der Waals surface area (Å²) in [6.45, 7) is 5.10. The summed E-state index contributed by atoms with van der Waals surface area (Å²) in [7, 11) is -3.45. The van der Waals surface area contributed by atoms with Gasteiger partial charge in [0.1, 0.15) is 12.4 Å². The maximum Gasteiger partial charge on any atom is 0.253 e. The molecule has 0 unspecified atom stereocenters. The van der Waals surface area contributed by atoms with Crippen LogP contribution in [0.2, 0.25) is 0 Å². The van der Waals surface area contributed by atoms with Crippen molar-refractivity contribution in [2.75, 3.05) is 25.4 Å². The highest BCUT2D eigenvalue weighted by atomic mass is 32.2. The zero-order valence-corrected chi connectivity index (χ0v) is 13.8. The van der Waals surface area contributed by atoms with Gasteiger partial charge >= 0.3 is 0 Å². The molecule has 1 amide bonds. The predicted molar refractivity (Wildman–Crippen MR) is 88.7 cm³/mol. The van der Waals surface area contributed by atoms with E-state index in [9.17, 15) is 13.2 Å². The molecular formula is C16H22N2O4S. The zero-order valence-electron chi connectivity index (χ0n) is 13.0. The number of hydrogen-bond acceptors (Lipinski definition) is 4. The minimum absolute atomic E-state index is 0.00955. The number of rotatable bonds is 6. The third-order valence-electron chi connectivity index (χ3n) is 3.84. The number of piperidine rings is 1. The van der Waals surface area contributed by atoms with E-state index in [0.717, 1.165) is 0 Å². The molecule has 2 N–H and O–H groups in total. The number of primary sulfonamides is 1. The van der Waals surface area contributed by atoms with Gasteiger partial charge in [-0.25, -0.2) is 13.6 Å². The molecule has 1 aromatic carbocycles. The number of ether oxygens (including phenoxy) is 1. The molecule has 0 atom stereocenters. The second-order valence-electron chi connectivity index (χ2n) is 5.69. The van der Waals surface area contributed by atoms with Crippen LogP contribution in [0.1, 0.15) is 23.2 Å². The van der Waals surface area contributed by atoms with Gasteiger partial charge in [0.2, 0.25) is 10.0 Å². The number of sulfonamides is 1. The Labute approximate surface area is 137 Å². The number of hydrogen-bond donors (Lipinski definition) is 1. The summed E-state index contributed by atoms with van der Waals surface area (Å²) >= 11 is 0. The topological polar surface area (TPSA) is 89.7 Å². The molecule has 0 aliphatic carbocycles. The monoisotopic (exact) mass is 338 g/mol. The normalized spacial score (nSPS) is 16.1. The number of nitrogens with two attached hydrogens (primary N) is 1. The van der Waals surface area contributed by atoms with E-state index < -0.39 is 10.0 Å². The first-order chi connectivity index (χ1) is 10.9. The van der Waals surface area contributed by atoms with Crippen LogP contribution in [-0.2, 0) is 10.0 Å². The number of amides is 1. The summed E-state index contributed by atoms with van der Waals surface area (Å²) in [5.74, 6) is 0.663. The summed E-state index contributed by atoms with van der Waals surface area (Å²) < 4.78 is 27.6. The van der Waals surface area contributed by atoms with Crippen molar-refractivity contribution < 1.29 is 17.9 Å². The van der Waals surface area contributed by atoms with Gasteiger partial charge in [0, 0.05) is 18.7 Å². The van der Waals surface area contributed by atoms with Crippen molar-refractivity contribution in [3.63, 3.8) is 0 Å². The number of nitrogens with zero attached hydrogens (tertiary/aromatic N) is 1. The second-order valence-corrected chi connectivity index (χ2v) is 7.35. The highest BCUT2D eigenvalue weighted by molar-refractivity contribution is 7.89. The van der Waals surface area contributed by atoms with E-state index >= 15 is 0 Å². The van der Waals surface area contributed by atoms with Crippen molar-refractivity contribution in [2.24, 2.45) is 11.1 Å². The van der Waals surface area contributed by atoms with Crippen molar-refractivity contribution >= 4 is 15.9 Å². The van der Waals surface area contributed by atoms with Crippen LogP contribution in [0.5, 0.6) is 5.75 Å². The van der Waals surface area contributed by atoms with Gasteiger partial charge in [-0.05, 0) is 43.0 Å². The number of carbonyl (C=O) groups is 1. The summed E-state index contributed by atoms with van der Waals surface area (Å²) in [5, 5.41) is 5.07. The molecule has 1 saturated heterocycles. The van der Waals surface area contributed by atoms with Crippen LogP contribution >= 0.6 is 0 Å². The maximum absolute atomic E-state index is 12.4. The molecule has 126 valence electrons. The van der Waals surface area contributed by atoms with Gasteiger partial charge in [-0.2, -0.15) is 0 Å². The van der Waals surface area contributed by atoms with Gasteiger partial charge in [0.25, 0.3) is 5.91 Å². The highest BCUT2D eigenvalue weighted by Gasteiger charge is 2.25. The molecule has 0 radical (unpaired) electrons. The van der Waals surface area contributed by atoms with Crippen molar-refractivity contribution in [3.8, 4) is 5.75 Å². The lowest BCUT2D eigenvalue weighted by atomic mass is 9.98. The number of carbonyl (C=O) groups excluding carboxylic acids is 1. The van der Waals surface area contributed by atoms with Crippen LogP contribution in [0.4, 0.5) is 0 Å². The molecule has 0 aromatic heterocycles. The Morgan fingerprint density at radius 1 is 1.30 bits per heavy atom. The molecule has 23 heavy (non-hydrogen) atoms. The first-order valence-electron chi connectivity index (χ1n) is 7.52. The van der Waals surface area contributed by atoms with Gasteiger partial charge in [0.05, 0.1) is 5.75 Å². The van der Waals surface area contributed by atoms with Gasteiger partial charge < -0.3 is 9.64 Å². The van der Waals surface area contributed by atoms with Crippen molar-refractivity contribution in [1.82, 2.24) is 4.90 Å². The lowest BCUT2D eigenvalue weighted by molar-refractivity contribution is 0.0698. The number of benzene rings is 1. The molecule has 6 nitrogen and oxygen atoms in total. The lowest BCUT2D eigenvalue weighted by Crippen LogP contribution is -2.40. The largest absolute Gasteiger partial charge is 0.490 e. The summed E-state index contributed by atoms with van der Waals surface area (Å²) in [6.07, 6.45) is 2.97. The Hall–Kier alpha value is -1.86. The minimum Gasteiger partial charge on any atom is -0.490 e. The third-order valence-corrected chi connectivity index (χ3v) is 4.77. The van der Waals surface area contributed by atoms with E-state index in [1.807, 2.05) is 0 Å². The van der Waals surface area contributed by atoms with E-state index in [1.165, 1.54) is 0 Å². The van der Waals surface area contributed by atoms with Gasteiger partial charge in [0.15, 0.2) is 0 Å². The maximum atomic E-state index is 12.4. The fourth-order valence-corrected chi connectivity index (χ4v) is 3.65. The van der Waals surface area contributed by atoms with E-state index in [0.29, 0.717) is 43.9 Å². The van der Waals surface area contributed by atoms with Gasteiger partial charge in [-0.3, -0.25) is 4.79 Å². The van der Waals surface area contributed by atoms with E-state index in [1.54, 1.807) is 35.2 Å². The second kappa shape index (κ2) is 7.61. The minimum atomic E-state index is -3.45. The Balaban J connectivity index is 1.90. The average Bonchev–Trinajstić information content (AvgIpc) is 2.52. The molecule has 1 aromatic rings. The van der Waals surface area contributed by atoms with Crippen LogP contribution in [0.3, 0.4) is 0 Å². The predicted octanol–water partition coefficient (Wildman–Crippen LogP) is 1.39. The molecule has 0 spiro atoms. The SMILES string of the molecule is C=CCOc1ccc(C(=O)N2CCC(CS(N)(=O)=O)CC2)cc1. The van der Waals surface area contributed by atoms with E-state index in [-0.39, 0.29) is 17.6 Å². The molecule has 1 heterocycles. The summed E-state index contributed by atoms with van der Waals surface area (Å²) in [6, 6.07) is 6.98. The van der Waals surface area contributed by atoms with E-state index in [4.69, 9.17) is 9.88 Å². The zero-order chi connectivity index (χ0) is 16.9. The molecule has 1 aliphatic rings. The smallest absolute Gasteiger partial charge is 0.253 e. The third kappa shape index (κ3) is 5.37. The molecule has 0 bridgehead atoms. The first kappa shape index (κ1) is 17.5. The van der Waals surface area contributed by atoms with Crippen LogP contribution in [0.15, 0.2) is 36.9 Å². The van der Waals surface area contributed by atoms with E-state index in [2.05, 4.69) is 6.58 Å². The Morgan fingerprint density at radius 3 is 2.43 bits per heavy atom. The Bertz CT molecular complexity index is 647. The van der Waals surface area contributed by atoms with Crippen molar-refractivity contribution in [3.05, 3.63) is 42.5 Å². The van der Waals surface area contributed by atoms with Crippen LogP contribution < -0.4 is 9.88 Å². The Morgan fingerprint density at radius 2 is 1.91 bits per heavy atom. The average molecular weight is 338 g/mol. The van der Waals surface area contributed by atoms with Crippen LogP contribution in [0.25, 0.3) is 0 Å². The summed E-state index contributed by atoms with van der Waals surface area (Å²) in [4.78, 5) is 14.2. The van der Waals surface area contributed by atoms with Crippen LogP contribution in [-0.4, -0.2) is 44.7 Å². The Kier molecular flexibility index (Phi) is 5.79.